The lowest BCUT2D eigenvalue weighted by Gasteiger charge is -2.28. The van der Waals surface area contributed by atoms with Gasteiger partial charge in [0.25, 0.3) is 0 Å². The van der Waals surface area contributed by atoms with Crippen LogP contribution in [-0.2, 0) is 15.7 Å². The minimum absolute atomic E-state index is 0.164. The molecule has 0 atom stereocenters. The summed E-state index contributed by atoms with van der Waals surface area (Å²) in [5.74, 6) is -0.520. The highest BCUT2D eigenvalue weighted by molar-refractivity contribution is 6.08. The molecule has 0 unspecified atom stereocenters. The maximum Gasteiger partial charge on any atom is 0.425 e. The largest absolute Gasteiger partial charge is 0.443 e. The number of imide groups is 1. The monoisotopic (exact) mass is 479 g/mol. The molecule has 0 spiro atoms. The van der Waals surface area contributed by atoms with Gasteiger partial charge in [0.15, 0.2) is 17.3 Å². The Morgan fingerprint density at radius 3 is 1.88 bits per heavy atom. The third kappa shape index (κ3) is 7.33. The number of nitrogens with one attached hydrogen (secondary N) is 1. The molecule has 1 aromatic carbocycles. The van der Waals surface area contributed by atoms with Crippen molar-refractivity contribution in [1.29, 1.82) is 5.26 Å². The Labute approximate surface area is 194 Å². The number of ether oxygens (including phenoxy) is 2. The normalized spacial score (nSPS) is 11.9. The molecule has 182 valence electrons. The second-order valence-corrected chi connectivity index (χ2v) is 9.03. The molecule has 1 aromatic heterocycles. The molecule has 2 amide bonds. The van der Waals surface area contributed by atoms with Crippen LogP contribution in [0.5, 0.6) is 0 Å². The first-order valence-electron chi connectivity index (χ1n) is 9.98. The van der Waals surface area contributed by atoms with Crippen molar-refractivity contribution in [2.45, 2.75) is 58.9 Å². The van der Waals surface area contributed by atoms with Crippen LogP contribution in [0.3, 0.4) is 0 Å². The first kappa shape index (κ1) is 26.4. The van der Waals surface area contributed by atoms with Gasteiger partial charge in [-0.1, -0.05) is 0 Å². The Balaban J connectivity index is 2.48. The fourth-order valence-corrected chi connectivity index (χ4v) is 2.41. The zero-order valence-electron chi connectivity index (χ0n) is 19.4. The highest BCUT2D eigenvalue weighted by Gasteiger charge is 2.34. The number of benzene rings is 1. The number of rotatable bonds is 3. The van der Waals surface area contributed by atoms with Crippen LogP contribution in [0.1, 0.15) is 52.8 Å². The van der Waals surface area contributed by atoms with E-state index in [1.54, 1.807) is 47.6 Å². The first-order valence-corrected chi connectivity index (χ1v) is 9.98. The van der Waals surface area contributed by atoms with Gasteiger partial charge in [-0.2, -0.15) is 23.3 Å². The molecular weight excluding hydrogens is 455 g/mol. The van der Waals surface area contributed by atoms with E-state index >= 15 is 0 Å². The van der Waals surface area contributed by atoms with E-state index in [1.165, 1.54) is 0 Å². The van der Waals surface area contributed by atoms with Gasteiger partial charge in [-0.25, -0.2) is 19.6 Å². The maximum absolute atomic E-state index is 12.8. The summed E-state index contributed by atoms with van der Waals surface area (Å²) in [4.78, 5) is 34.1. The minimum Gasteiger partial charge on any atom is -0.443 e. The molecular formula is C22H24F3N5O4. The zero-order valence-corrected chi connectivity index (χ0v) is 19.4. The molecule has 1 heterocycles. The number of alkyl halides is 3. The van der Waals surface area contributed by atoms with Crippen LogP contribution >= 0.6 is 0 Å². The summed E-state index contributed by atoms with van der Waals surface area (Å²) < 4.78 is 49.0. The molecule has 0 aliphatic carbocycles. The van der Waals surface area contributed by atoms with E-state index in [9.17, 15) is 28.0 Å². The van der Waals surface area contributed by atoms with Crippen molar-refractivity contribution < 1.29 is 32.2 Å². The lowest BCUT2D eigenvalue weighted by atomic mass is 10.2. The summed E-state index contributed by atoms with van der Waals surface area (Å²) in [6, 6.07) is 5.75. The zero-order chi connectivity index (χ0) is 25.9. The number of anilines is 3. The minimum atomic E-state index is -4.52. The van der Waals surface area contributed by atoms with Crippen molar-refractivity contribution in [3.05, 3.63) is 41.7 Å². The molecule has 2 aromatic rings. The molecule has 1 N–H and O–H groups in total. The first-order chi connectivity index (χ1) is 15.5. The summed E-state index contributed by atoms with van der Waals surface area (Å²) in [6.07, 6.45) is -5.70. The number of hydrogen-bond donors (Lipinski definition) is 1. The van der Waals surface area contributed by atoms with Crippen LogP contribution in [-0.4, -0.2) is 33.4 Å². The van der Waals surface area contributed by atoms with Crippen molar-refractivity contribution in [3.63, 3.8) is 0 Å². The molecule has 34 heavy (non-hydrogen) atoms. The van der Waals surface area contributed by atoms with E-state index in [1.807, 2.05) is 0 Å². The highest BCUT2D eigenvalue weighted by atomic mass is 19.4. The van der Waals surface area contributed by atoms with E-state index in [4.69, 9.17) is 9.47 Å². The van der Waals surface area contributed by atoms with Crippen LogP contribution in [0, 0.1) is 11.3 Å². The molecule has 0 bridgehead atoms. The predicted molar refractivity (Wildman–Crippen MR) is 116 cm³/mol. The van der Waals surface area contributed by atoms with Crippen molar-refractivity contribution in [3.8, 4) is 6.07 Å². The fourth-order valence-electron chi connectivity index (χ4n) is 2.41. The van der Waals surface area contributed by atoms with Gasteiger partial charge in [-0.05, 0) is 65.8 Å². The number of nitriles is 1. The quantitative estimate of drug-likeness (QED) is 0.588. The number of carbonyl (C=O) groups excluding carboxylic acids is 2. The lowest BCUT2D eigenvalue weighted by Crippen LogP contribution is -2.44. The van der Waals surface area contributed by atoms with Gasteiger partial charge in [0.1, 0.15) is 17.3 Å². The van der Waals surface area contributed by atoms with Crippen LogP contribution in [0.4, 0.5) is 40.1 Å². The summed E-state index contributed by atoms with van der Waals surface area (Å²) in [5, 5.41) is 12.0. The highest BCUT2D eigenvalue weighted by Crippen LogP contribution is 2.31. The summed E-state index contributed by atoms with van der Waals surface area (Å²) in [7, 11) is 0. The number of hydrogen-bond acceptors (Lipinski definition) is 8. The summed E-state index contributed by atoms with van der Waals surface area (Å²) >= 11 is 0. The average Bonchev–Trinajstić information content (AvgIpc) is 2.65. The molecule has 0 radical (unpaired) electrons. The molecule has 0 saturated carbocycles. The van der Waals surface area contributed by atoms with Crippen LogP contribution in [0.2, 0.25) is 0 Å². The van der Waals surface area contributed by atoms with Gasteiger partial charge in [-0.3, -0.25) is 0 Å². The van der Waals surface area contributed by atoms with E-state index in [-0.39, 0.29) is 23.0 Å². The molecule has 0 aliphatic heterocycles. The van der Waals surface area contributed by atoms with Gasteiger partial charge >= 0.3 is 18.4 Å². The Morgan fingerprint density at radius 1 is 0.971 bits per heavy atom. The number of carbonyl (C=O) groups is 2. The molecule has 12 heteroatoms. The third-order valence-electron chi connectivity index (χ3n) is 3.72. The van der Waals surface area contributed by atoms with Crippen molar-refractivity contribution in [2.75, 3.05) is 10.2 Å². The van der Waals surface area contributed by atoms with Crippen LogP contribution in [0.25, 0.3) is 0 Å². The number of nitrogens with zero attached hydrogens (tertiary/aromatic N) is 4. The Kier molecular flexibility index (Phi) is 7.40. The smallest absolute Gasteiger partial charge is 0.425 e. The van der Waals surface area contributed by atoms with Crippen molar-refractivity contribution >= 4 is 29.5 Å². The van der Waals surface area contributed by atoms with Gasteiger partial charge in [0, 0.05) is 5.69 Å². The number of halogens is 3. The molecule has 0 fully saturated rings. The fraction of sp³-hybridized carbons (Fsp3) is 0.409. The van der Waals surface area contributed by atoms with E-state index in [0.29, 0.717) is 4.90 Å². The molecule has 2 rings (SSSR count). The standard InChI is InChI=1S/C22H24F3N5O4/c1-20(2,3)33-18(31)30(19(32)34-21(4,5)6)16-12-27-15(11-26)17(29-16)28-14-9-7-13(8-10-14)22(23,24)25/h7-10,12H,1-6H3,(H,28,29). The molecule has 9 nitrogen and oxygen atoms in total. The van der Waals surface area contributed by atoms with Gasteiger partial charge in [0.05, 0.1) is 11.8 Å². The Bertz CT molecular complexity index is 1070. The Hall–Kier alpha value is -3.88. The molecule has 0 saturated heterocycles. The second kappa shape index (κ2) is 9.54. The summed E-state index contributed by atoms with van der Waals surface area (Å²) in [5.41, 5.74) is -2.84. The van der Waals surface area contributed by atoms with Crippen molar-refractivity contribution in [2.24, 2.45) is 0 Å². The predicted octanol–water partition coefficient (Wildman–Crippen LogP) is 5.79. The average molecular weight is 479 g/mol. The van der Waals surface area contributed by atoms with Gasteiger partial charge < -0.3 is 14.8 Å². The van der Waals surface area contributed by atoms with E-state index in [0.717, 1.165) is 30.5 Å². The van der Waals surface area contributed by atoms with Crippen LogP contribution < -0.4 is 10.2 Å². The van der Waals surface area contributed by atoms with Crippen LogP contribution in [0.15, 0.2) is 30.5 Å². The number of aromatic nitrogens is 2. The topological polar surface area (TPSA) is 117 Å². The Morgan fingerprint density at radius 2 is 1.47 bits per heavy atom. The molecule has 0 aliphatic rings. The van der Waals surface area contributed by atoms with Crippen molar-refractivity contribution in [1.82, 2.24) is 9.97 Å². The van der Waals surface area contributed by atoms with E-state index in [2.05, 4.69) is 15.3 Å². The maximum atomic E-state index is 12.8. The second-order valence-electron chi connectivity index (χ2n) is 9.03. The lowest BCUT2D eigenvalue weighted by molar-refractivity contribution is -0.137. The van der Waals surface area contributed by atoms with E-state index < -0.39 is 35.1 Å². The van der Waals surface area contributed by atoms with Gasteiger partial charge in [0.2, 0.25) is 0 Å². The third-order valence-corrected chi connectivity index (χ3v) is 3.72. The van der Waals surface area contributed by atoms with Gasteiger partial charge in [-0.15, -0.1) is 0 Å². The SMILES string of the molecule is CC(C)(C)OC(=O)N(C(=O)OC(C)(C)C)c1cnc(C#N)c(Nc2ccc(C(F)(F)F)cc2)n1. The number of amides is 2. The summed E-state index contributed by atoms with van der Waals surface area (Å²) in [6.45, 7) is 9.58.